The first kappa shape index (κ1) is 16.7. The van der Waals surface area contributed by atoms with Gasteiger partial charge in [0.2, 0.25) is 5.91 Å². The highest BCUT2D eigenvalue weighted by atomic mass is 19.1. The third-order valence-electron chi connectivity index (χ3n) is 4.95. The van der Waals surface area contributed by atoms with E-state index >= 15 is 0 Å². The smallest absolute Gasteiger partial charge is 0.220 e. The Morgan fingerprint density at radius 1 is 1.29 bits per heavy atom. The van der Waals surface area contributed by atoms with Crippen LogP contribution in [0.2, 0.25) is 0 Å². The summed E-state index contributed by atoms with van der Waals surface area (Å²) < 4.78 is 14.8. The Hall–Kier alpha value is -2.17. The van der Waals surface area contributed by atoms with Crippen molar-refractivity contribution in [2.75, 3.05) is 0 Å². The number of nitrogens with zero attached hydrogens (tertiary/aromatic N) is 2. The molecule has 3 rings (SSSR count). The normalized spacial score (nSPS) is 20.2. The van der Waals surface area contributed by atoms with Gasteiger partial charge in [-0.15, -0.1) is 0 Å². The number of rotatable bonds is 6. The lowest BCUT2D eigenvalue weighted by molar-refractivity contribution is -0.122. The Labute approximate surface area is 142 Å². The molecule has 2 aromatic rings. The van der Waals surface area contributed by atoms with Crippen molar-refractivity contribution >= 4 is 5.91 Å². The van der Waals surface area contributed by atoms with Crippen molar-refractivity contribution in [1.82, 2.24) is 15.1 Å². The van der Waals surface area contributed by atoms with E-state index in [-0.39, 0.29) is 17.8 Å². The summed E-state index contributed by atoms with van der Waals surface area (Å²) in [5, 5.41) is 7.32. The third-order valence-corrected chi connectivity index (χ3v) is 4.95. The second-order valence-corrected chi connectivity index (χ2v) is 6.64. The van der Waals surface area contributed by atoms with Crippen LogP contribution in [-0.2, 0) is 24.7 Å². The van der Waals surface area contributed by atoms with Crippen LogP contribution in [0.15, 0.2) is 36.5 Å². The van der Waals surface area contributed by atoms with Gasteiger partial charge in [0.05, 0.1) is 0 Å². The SMILES string of the molecule is Cn1nccc1CCC(=O)N[C@H]1CCC[C@H]1Cc1ccc(F)cc1. The number of aryl methyl sites for hydroxylation is 2. The molecule has 128 valence electrons. The molecule has 1 heterocycles. The Kier molecular flexibility index (Phi) is 5.28. The van der Waals surface area contributed by atoms with Crippen molar-refractivity contribution in [3.63, 3.8) is 0 Å². The number of nitrogens with one attached hydrogen (secondary N) is 1. The Bertz CT molecular complexity index is 680. The average molecular weight is 329 g/mol. The molecule has 5 heteroatoms. The molecule has 2 atom stereocenters. The van der Waals surface area contributed by atoms with Crippen molar-refractivity contribution < 1.29 is 9.18 Å². The summed E-state index contributed by atoms with van der Waals surface area (Å²) >= 11 is 0. The minimum atomic E-state index is -0.204. The highest BCUT2D eigenvalue weighted by Gasteiger charge is 2.28. The molecule has 1 N–H and O–H groups in total. The van der Waals surface area contributed by atoms with Gasteiger partial charge in [-0.05, 0) is 55.4 Å². The van der Waals surface area contributed by atoms with Crippen molar-refractivity contribution in [2.45, 2.75) is 44.6 Å². The van der Waals surface area contributed by atoms with Gasteiger partial charge in [0.1, 0.15) is 5.82 Å². The Morgan fingerprint density at radius 3 is 2.79 bits per heavy atom. The lowest BCUT2D eigenvalue weighted by Crippen LogP contribution is -2.38. The molecular weight excluding hydrogens is 305 g/mol. The molecular formula is C19H24FN3O. The molecule has 0 bridgehead atoms. The molecule has 1 aliphatic carbocycles. The van der Waals surface area contributed by atoms with Crippen LogP contribution in [0.3, 0.4) is 0 Å². The van der Waals surface area contributed by atoms with Gasteiger partial charge in [0.25, 0.3) is 0 Å². The number of amides is 1. The van der Waals surface area contributed by atoms with Crippen molar-refractivity contribution in [3.05, 3.63) is 53.6 Å². The van der Waals surface area contributed by atoms with Crippen molar-refractivity contribution in [2.24, 2.45) is 13.0 Å². The van der Waals surface area contributed by atoms with E-state index in [1.165, 1.54) is 12.1 Å². The Balaban J connectivity index is 1.50. The van der Waals surface area contributed by atoms with Crippen LogP contribution in [0.25, 0.3) is 0 Å². The molecule has 0 spiro atoms. The number of hydrogen-bond donors (Lipinski definition) is 1. The summed E-state index contributed by atoms with van der Waals surface area (Å²) in [6, 6.07) is 8.87. The van der Waals surface area contributed by atoms with E-state index in [1.807, 2.05) is 25.2 Å². The summed E-state index contributed by atoms with van der Waals surface area (Å²) in [6.45, 7) is 0. The molecule has 4 nitrogen and oxygen atoms in total. The first-order valence-corrected chi connectivity index (χ1v) is 8.62. The average Bonchev–Trinajstić information content (AvgIpc) is 3.17. The summed E-state index contributed by atoms with van der Waals surface area (Å²) in [5.74, 6) is 0.341. The Morgan fingerprint density at radius 2 is 2.08 bits per heavy atom. The van der Waals surface area contributed by atoms with Crippen LogP contribution >= 0.6 is 0 Å². The van der Waals surface area contributed by atoms with Gasteiger partial charge >= 0.3 is 0 Å². The number of carbonyl (C=O) groups is 1. The second-order valence-electron chi connectivity index (χ2n) is 6.64. The van der Waals surface area contributed by atoms with Gasteiger partial charge in [-0.1, -0.05) is 18.6 Å². The van der Waals surface area contributed by atoms with Crippen LogP contribution in [0.1, 0.15) is 36.9 Å². The predicted molar refractivity (Wildman–Crippen MR) is 90.9 cm³/mol. The molecule has 1 amide bonds. The molecule has 1 saturated carbocycles. The summed E-state index contributed by atoms with van der Waals surface area (Å²) in [6.07, 6.45) is 7.12. The van der Waals surface area contributed by atoms with Gasteiger partial charge in [0, 0.05) is 31.4 Å². The maximum atomic E-state index is 13.0. The fourth-order valence-corrected chi connectivity index (χ4v) is 3.56. The van der Waals surface area contributed by atoms with Crippen LogP contribution < -0.4 is 5.32 Å². The van der Waals surface area contributed by atoms with Gasteiger partial charge < -0.3 is 5.32 Å². The number of benzene rings is 1. The van der Waals surface area contributed by atoms with Crippen molar-refractivity contribution in [1.29, 1.82) is 0 Å². The third kappa shape index (κ3) is 4.22. The molecule has 0 aliphatic heterocycles. The summed E-state index contributed by atoms with van der Waals surface area (Å²) in [7, 11) is 1.89. The van der Waals surface area contributed by atoms with E-state index < -0.39 is 0 Å². The van der Waals surface area contributed by atoms with E-state index in [2.05, 4.69) is 10.4 Å². The van der Waals surface area contributed by atoms with E-state index in [1.54, 1.807) is 10.9 Å². The number of hydrogen-bond acceptors (Lipinski definition) is 2. The molecule has 1 fully saturated rings. The highest BCUT2D eigenvalue weighted by Crippen LogP contribution is 2.29. The zero-order valence-electron chi connectivity index (χ0n) is 14.0. The molecule has 0 unspecified atom stereocenters. The van der Waals surface area contributed by atoms with Crippen LogP contribution in [0.4, 0.5) is 4.39 Å². The first-order valence-electron chi connectivity index (χ1n) is 8.62. The number of halogens is 1. The fourth-order valence-electron chi connectivity index (χ4n) is 3.56. The first-order chi connectivity index (χ1) is 11.6. The largest absolute Gasteiger partial charge is 0.353 e. The van der Waals surface area contributed by atoms with E-state index in [0.717, 1.165) is 36.9 Å². The van der Waals surface area contributed by atoms with Crippen LogP contribution in [0.5, 0.6) is 0 Å². The topological polar surface area (TPSA) is 46.9 Å². The van der Waals surface area contributed by atoms with Gasteiger partial charge in [-0.2, -0.15) is 5.10 Å². The van der Waals surface area contributed by atoms with Crippen LogP contribution in [0, 0.1) is 11.7 Å². The molecule has 1 aliphatic rings. The predicted octanol–water partition coefficient (Wildman–Crippen LogP) is 3.02. The summed E-state index contributed by atoms with van der Waals surface area (Å²) in [4.78, 5) is 12.3. The highest BCUT2D eigenvalue weighted by molar-refractivity contribution is 5.76. The van der Waals surface area contributed by atoms with E-state index in [9.17, 15) is 9.18 Å². The van der Waals surface area contributed by atoms with E-state index in [0.29, 0.717) is 18.8 Å². The maximum absolute atomic E-state index is 13.0. The monoisotopic (exact) mass is 329 g/mol. The number of aromatic nitrogens is 2. The van der Waals surface area contributed by atoms with Gasteiger partial charge in [-0.3, -0.25) is 9.48 Å². The zero-order chi connectivity index (χ0) is 16.9. The molecule has 0 radical (unpaired) electrons. The van der Waals surface area contributed by atoms with Crippen molar-refractivity contribution in [3.8, 4) is 0 Å². The maximum Gasteiger partial charge on any atom is 0.220 e. The van der Waals surface area contributed by atoms with Gasteiger partial charge in [-0.25, -0.2) is 4.39 Å². The molecule has 0 saturated heterocycles. The number of carbonyl (C=O) groups excluding carboxylic acids is 1. The minimum absolute atomic E-state index is 0.104. The standard InChI is InChI=1S/C19H24FN3O/c1-23-17(11-12-21-23)9-10-19(24)22-18-4-2-3-15(18)13-14-5-7-16(20)8-6-14/h5-8,11-12,15,18H,2-4,9-10,13H2,1H3,(H,22,24)/t15-,18-/m0/s1. The second kappa shape index (κ2) is 7.60. The molecule has 1 aromatic heterocycles. The van der Waals surface area contributed by atoms with Gasteiger partial charge in [0.15, 0.2) is 0 Å². The quantitative estimate of drug-likeness (QED) is 0.885. The lowest BCUT2D eigenvalue weighted by atomic mass is 9.94. The fraction of sp³-hybridized carbons (Fsp3) is 0.474. The van der Waals surface area contributed by atoms with Crippen LogP contribution in [-0.4, -0.2) is 21.7 Å². The summed E-state index contributed by atoms with van der Waals surface area (Å²) in [5.41, 5.74) is 2.21. The molecule has 24 heavy (non-hydrogen) atoms. The van der Waals surface area contributed by atoms with E-state index in [4.69, 9.17) is 0 Å². The molecule has 1 aromatic carbocycles. The zero-order valence-corrected chi connectivity index (χ0v) is 14.0. The minimum Gasteiger partial charge on any atom is -0.353 e. The lowest BCUT2D eigenvalue weighted by Gasteiger charge is -2.21.